The molecular formula is C17H20Cl2N2S. The van der Waals surface area contributed by atoms with Gasteiger partial charge in [0.05, 0.1) is 10.7 Å². The first kappa shape index (κ1) is 15.0. The predicted molar refractivity (Wildman–Crippen MR) is 96.7 cm³/mol. The highest BCUT2D eigenvalue weighted by Crippen LogP contribution is 2.53. The molecule has 118 valence electrons. The van der Waals surface area contributed by atoms with E-state index in [2.05, 4.69) is 10.6 Å². The van der Waals surface area contributed by atoms with Crippen LogP contribution in [-0.2, 0) is 0 Å². The van der Waals surface area contributed by atoms with Crippen LogP contribution in [0.25, 0.3) is 0 Å². The van der Waals surface area contributed by atoms with Gasteiger partial charge >= 0.3 is 0 Å². The van der Waals surface area contributed by atoms with Crippen molar-refractivity contribution < 1.29 is 0 Å². The number of nitrogens with one attached hydrogen (secondary N) is 2. The second kappa shape index (κ2) is 5.85. The monoisotopic (exact) mass is 354 g/mol. The van der Waals surface area contributed by atoms with Crippen LogP contribution in [0, 0.1) is 23.7 Å². The highest BCUT2D eigenvalue weighted by atomic mass is 35.5. The molecule has 2 nitrogen and oxygen atoms in total. The lowest BCUT2D eigenvalue weighted by Crippen LogP contribution is -2.56. The molecular weight excluding hydrogens is 335 g/mol. The summed E-state index contributed by atoms with van der Waals surface area (Å²) in [7, 11) is 0. The highest BCUT2D eigenvalue weighted by Gasteiger charge is 2.48. The molecule has 0 saturated heterocycles. The molecule has 4 aliphatic carbocycles. The molecule has 0 spiro atoms. The van der Waals surface area contributed by atoms with Crippen LogP contribution in [-0.4, -0.2) is 11.2 Å². The molecule has 0 atom stereocenters. The summed E-state index contributed by atoms with van der Waals surface area (Å²) in [5.74, 6) is 3.56. The molecule has 0 aromatic heterocycles. The summed E-state index contributed by atoms with van der Waals surface area (Å²) < 4.78 is 0. The maximum Gasteiger partial charge on any atom is 0.171 e. The van der Waals surface area contributed by atoms with E-state index in [1.54, 1.807) is 6.07 Å². The Morgan fingerprint density at radius 2 is 1.64 bits per heavy atom. The summed E-state index contributed by atoms with van der Waals surface area (Å²) in [6.45, 7) is 0. The van der Waals surface area contributed by atoms with Crippen LogP contribution >= 0.6 is 35.4 Å². The van der Waals surface area contributed by atoms with Gasteiger partial charge in [0, 0.05) is 11.1 Å². The van der Waals surface area contributed by atoms with Gasteiger partial charge < -0.3 is 10.6 Å². The molecule has 4 saturated carbocycles. The standard InChI is InChI=1S/C17H20Cl2N2S/c18-13-1-2-15(14(19)8-13)20-17(22)21-16-11-4-9-3-10(6-11)7-12(16)5-9/h1-2,8-12,16H,3-7H2,(H2,20,21,22). The number of benzene rings is 1. The normalized spacial score (nSPS) is 35.5. The van der Waals surface area contributed by atoms with Crippen LogP contribution in [0.4, 0.5) is 5.69 Å². The Morgan fingerprint density at radius 1 is 1.00 bits per heavy atom. The van der Waals surface area contributed by atoms with Crippen LogP contribution in [0.2, 0.25) is 10.0 Å². The van der Waals surface area contributed by atoms with Crippen LogP contribution in [0.15, 0.2) is 18.2 Å². The molecule has 1 aromatic rings. The van der Waals surface area contributed by atoms with Gasteiger partial charge in [0.1, 0.15) is 0 Å². The summed E-state index contributed by atoms with van der Waals surface area (Å²) in [5.41, 5.74) is 0.812. The fourth-order valence-electron chi connectivity index (χ4n) is 5.06. The second-order valence-corrected chi connectivity index (χ2v) is 8.43. The van der Waals surface area contributed by atoms with E-state index in [4.69, 9.17) is 35.4 Å². The van der Waals surface area contributed by atoms with Gasteiger partial charge in [-0.05, 0) is 86.2 Å². The lowest BCUT2D eigenvalue weighted by atomic mass is 9.54. The van der Waals surface area contributed by atoms with Crippen molar-refractivity contribution in [3.8, 4) is 0 Å². The van der Waals surface area contributed by atoms with E-state index in [-0.39, 0.29) is 0 Å². The first-order valence-corrected chi connectivity index (χ1v) is 9.27. The molecule has 0 amide bonds. The summed E-state index contributed by atoms with van der Waals surface area (Å²) in [5, 5.41) is 8.72. The van der Waals surface area contributed by atoms with Gasteiger partial charge in [-0.2, -0.15) is 0 Å². The van der Waals surface area contributed by atoms with Crippen molar-refractivity contribution in [2.75, 3.05) is 5.32 Å². The van der Waals surface area contributed by atoms with Crippen molar-refractivity contribution >= 4 is 46.2 Å². The second-order valence-electron chi connectivity index (χ2n) is 7.18. The average Bonchev–Trinajstić information content (AvgIpc) is 2.45. The Kier molecular flexibility index (Phi) is 4.00. The third-order valence-corrected chi connectivity index (χ3v) is 6.47. The van der Waals surface area contributed by atoms with E-state index >= 15 is 0 Å². The lowest BCUT2D eigenvalue weighted by Gasteiger charge is -2.54. The molecule has 0 unspecified atom stereocenters. The van der Waals surface area contributed by atoms with Gasteiger partial charge in [0.2, 0.25) is 0 Å². The third kappa shape index (κ3) is 2.83. The summed E-state index contributed by atoms with van der Waals surface area (Å²) in [4.78, 5) is 0. The largest absolute Gasteiger partial charge is 0.359 e. The van der Waals surface area contributed by atoms with E-state index in [0.29, 0.717) is 21.2 Å². The minimum Gasteiger partial charge on any atom is -0.359 e. The smallest absolute Gasteiger partial charge is 0.171 e. The summed E-state index contributed by atoms with van der Waals surface area (Å²) >= 11 is 17.6. The maximum absolute atomic E-state index is 6.20. The van der Waals surface area contributed by atoms with Gasteiger partial charge in [0.15, 0.2) is 5.11 Å². The first-order valence-electron chi connectivity index (χ1n) is 8.11. The molecule has 4 fully saturated rings. The van der Waals surface area contributed by atoms with Crippen LogP contribution in [0.3, 0.4) is 0 Å². The van der Waals surface area contributed by atoms with E-state index in [9.17, 15) is 0 Å². The minimum atomic E-state index is 0.541. The minimum absolute atomic E-state index is 0.541. The molecule has 0 heterocycles. The number of hydrogen-bond acceptors (Lipinski definition) is 1. The number of thiocarbonyl (C=S) groups is 1. The lowest BCUT2D eigenvalue weighted by molar-refractivity contribution is -0.00665. The Bertz CT molecular complexity index is 576. The third-order valence-electron chi connectivity index (χ3n) is 5.70. The molecule has 1 aromatic carbocycles. The Morgan fingerprint density at radius 3 is 2.23 bits per heavy atom. The van der Waals surface area contributed by atoms with Crippen LogP contribution in [0.1, 0.15) is 32.1 Å². The molecule has 4 bridgehead atoms. The van der Waals surface area contributed by atoms with E-state index < -0.39 is 0 Å². The van der Waals surface area contributed by atoms with Gasteiger partial charge in [-0.25, -0.2) is 0 Å². The van der Waals surface area contributed by atoms with Crippen LogP contribution in [0.5, 0.6) is 0 Å². The van der Waals surface area contributed by atoms with Crippen LogP contribution < -0.4 is 10.6 Å². The molecule has 22 heavy (non-hydrogen) atoms. The fraction of sp³-hybridized carbons (Fsp3) is 0.588. The molecule has 4 aliphatic rings. The zero-order valence-electron chi connectivity index (χ0n) is 12.3. The van der Waals surface area contributed by atoms with Gasteiger partial charge in [-0.3, -0.25) is 0 Å². The van der Waals surface area contributed by atoms with Crippen molar-refractivity contribution in [2.24, 2.45) is 23.7 Å². The quantitative estimate of drug-likeness (QED) is 0.722. The van der Waals surface area contributed by atoms with Crippen molar-refractivity contribution in [3.63, 3.8) is 0 Å². The molecule has 2 N–H and O–H groups in total. The van der Waals surface area contributed by atoms with Gasteiger partial charge in [-0.15, -0.1) is 0 Å². The first-order chi connectivity index (χ1) is 10.6. The molecule has 0 radical (unpaired) electrons. The van der Waals surface area contributed by atoms with Gasteiger partial charge in [-0.1, -0.05) is 23.2 Å². The number of hydrogen-bond donors (Lipinski definition) is 2. The molecule has 5 heteroatoms. The Labute approximate surface area is 146 Å². The van der Waals surface area contributed by atoms with Crippen molar-refractivity contribution in [3.05, 3.63) is 28.2 Å². The molecule has 5 rings (SSSR count). The number of anilines is 1. The zero-order valence-corrected chi connectivity index (χ0v) is 14.6. The molecule has 0 aliphatic heterocycles. The topological polar surface area (TPSA) is 24.1 Å². The summed E-state index contributed by atoms with van der Waals surface area (Å²) in [6, 6.07) is 5.96. The van der Waals surface area contributed by atoms with Gasteiger partial charge in [0.25, 0.3) is 0 Å². The van der Waals surface area contributed by atoms with E-state index in [1.807, 2.05) is 12.1 Å². The van der Waals surface area contributed by atoms with Crippen molar-refractivity contribution in [1.29, 1.82) is 0 Å². The van der Waals surface area contributed by atoms with Crippen molar-refractivity contribution in [2.45, 2.75) is 38.1 Å². The fourth-order valence-corrected chi connectivity index (χ4v) is 5.76. The summed E-state index contributed by atoms with van der Waals surface area (Å²) in [6.07, 6.45) is 7.01. The average molecular weight is 355 g/mol. The predicted octanol–water partition coefficient (Wildman–Crippen LogP) is 5.10. The maximum atomic E-state index is 6.20. The van der Waals surface area contributed by atoms with E-state index in [0.717, 1.165) is 29.4 Å². The number of halogens is 2. The zero-order chi connectivity index (χ0) is 15.3. The van der Waals surface area contributed by atoms with E-state index in [1.165, 1.54) is 32.1 Å². The Balaban J connectivity index is 1.42. The SMILES string of the molecule is S=C(Nc1ccc(Cl)cc1Cl)NC1C2CC3CC(C2)CC1C3. The number of rotatable bonds is 2. The Hall–Kier alpha value is -0.510. The highest BCUT2D eigenvalue weighted by molar-refractivity contribution is 7.80. The van der Waals surface area contributed by atoms with Crippen molar-refractivity contribution in [1.82, 2.24) is 5.32 Å².